The van der Waals surface area contributed by atoms with E-state index in [0.717, 1.165) is 39.3 Å². The van der Waals surface area contributed by atoms with Crippen molar-refractivity contribution < 1.29 is 9.53 Å². The summed E-state index contributed by atoms with van der Waals surface area (Å²) in [6.07, 6.45) is 0. The zero-order valence-electron chi connectivity index (χ0n) is 18.7. The van der Waals surface area contributed by atoms with Crippen LogP contribution >= 0.6 is 0 Å². The number of ether oxygens (including phenoxy) is 1. The summed E-state index contributed by atoms with van der Waals surface area (Å²) in [6, 6.07) is 23.5. The molecule has 0 radical (unpaired) electrons. The van der Waals surface area contributed by atoms with Crippen molar-refractivity contribution in [2.75, 3.05) is 24.7 Å². The van der Waals surface area contributed by atoms with E-state index < -0.39 is 5.97 Å². The summed E-state index contributed by atoms with van der Waals surface area (Å²) in [5, 5.41) is 4.90. The summed E-state index contributed by atoms with van der Waals surface area (Å²) < 4.78 is 7.41. The molecule has 0 spiro atoms. The molecule has 0 aliphatic rings. The smallest absolute Gasteiger partial charge is 0.309 e. The maximum Gasteiger partial charge on any atom is 0.309 e. The Morgan fingerprint density at radius 1 is 0.906 bits per heavy atom. The van der Waals surface area contributed by atoms with E-state index in [-0.39, 0.29) is 0 Å². The second-order valence-corrected chi connectivity index (χ2v) is 7.93. The summed E-state index contributed by atoms with van der Waals surface area (Å²) >= 11 is 0. The molecule has 6 nitrogen and oxygen atoms in total. The number of carbonyl (C=O) groups is 1. The molecule has 0 unspecified atom stereocenters. The van der Waals surface area contributed by atoms with Gasteiger partial charge in [0.1, 0.15) is 5.69 Å². The molecule has 0 aliphatic heterocycles. The van der Waals surface area contributed by atoms with E-state index in [9.17, 15) is 4.79 Å². The molecule has 0 fully saturated rings. The van der Waals surface area contributed by atoms with Crippen LogP contribution in [0.4, 0.5) is 11.4 Å². The third-order valence-electron chi connectivity index (χ3n) is 5.22. The van der Waals surface area contributed by atoms with Crippen LogP contribution in [0.5, 0.6) is 5.88 Å². The first-order valence-electron chi connectivity index (χ1n) is 10.4. The van der Waals surface area contributed by atoms with E-state index in [2.05, 4.69) is 0 Å². The van der Waals surface area contributed by atoms with Gasteiger partial charge in [-0.25, -0.2) is 0 Å². The van der Waals surface area contributed by atoms with Crippen molar-refractivity contribution in [1.82, 2.24) is 9.78 Å². The number of aromatic nitrogens is 2. The molecule has 6 heteroatoms. The van der Waals surface area contributed by atoms with Crippen molar-refractivity contribution in [2.45, 2.75) is 13.8 Å². The quantitative estimate of drug-likeness (QED) is 0.355. The van der Waals surface area contributed by atoms with E-state index >= 15 is 0 Å². The minimum Gasteiger partial charge on any atom is -0.407 e. The van der Waals surface area contributed by atoms with Crippen LogP contribution in [0.3, 0.4) is 0 Å². The van der Waals surface area contributed by atoms with Gasteiger partial charge < -0.3 is 15.4 Å². The molecule has 1 aromatic heterocycles. The Balaban J connectivity index is 1.99. The van der Waals surface area contributed by atoms with Gasteiger partial charge in [-0.15, -0.1) is 0 Å². The zero-order chi connectivity index (χ0) is 22.8. The van der Waals surface area contributed by atoms with Crippen LogP contribution in [-0.2, 0) is 4.79 Å². The second kappa shape index (κ2) is 8.59. The predicted molar refractivity (Wildman–Crippen MR) is 129 cm³/mol. The van der Waals surface area contributed by atoms with Gasteiger partial charge in [0, 0.05) is 38.0 Å². The number of benzene rings is 3. The van der Waals surface area contributed by atoms with Gasteiger partial charge in [-0.2, -0.15) is 9.78 Å². The van der Waals surface area contributed by atoms with Crippen molar-refractivity contribution in [3.05, 3.63) is 78.4 Å². The Morgan fingerprint density at radius 2 is 1.50 bits per heavy atom. The van der Waals surface area contributed by atoms with Gasteiger partial charge in [0.2, 0.25) is 5.88 Å². The highest BCUT2D eigenvalue weighted by atomic mass is 16.5. The van der Waals surface area contributed by atoms with Gasteiger partial charge >= 0.3 is 5.97 Å². The number of aryl methyl sites for hydroxylation is 1. The molecule has 1 heterocycles. The van der Waals surface area contributed by atoms with E-state index in [0.29, 0.717) is 11.6 Å². The highest BCUT2D eigenvalue weighted by Gasteiger charge is 2.24. The Hall–Kier alpha value is -4.06. The first-order valence-corrected chi connectivity index (χ1v) is 10.4. The first kappa shape index (κ1) is 21.2. The number of esters is 1. The second-order valence-electron chi connectivity index (χ2n) is 7.93. The van der Waals surface area contributed by atoms with Gasteiger partial charge in [-0.05, 0) is 48.9 Å². The van der Waals surface area contributed by atoms with Crippen molar-refractivity contribution in [2.24, 2.45) is 0 Å². The number of hydrogen-bond donors (Lipinski definition) is 1. The van der Waals surface area contributed by atoms with Crippen LogP contribution < -0.4 is 15.4 Å². The predicted octanol–water partition coefficient (Wildman–Crippen LogP) is 5.09. The number of rotatable bonds is 5. The summed E-state index contributed by atoms with van der Waals surface area (Å²) in [4.78, 5) is 14.1. The molecule has 0 amide bonds. The van der Waals surface area contributed by atoms with E-state index in [4.69, 9.17) is 15.6 Å². The molecule has 0 aliphatic carbocycles. The third-order valence-corrected chi connectivity index (χ3v) is 5.22. The van der Waals surface area contributed by atoms with Crippen molar-refractivity contribution in [1.29, 1.82) is 0 Å². The fraction of sp³-hybridized carbons (Fsp3) is 0.154. The average Bonchev–Trinajstić information content (AvgIpc) is 3.13. The SMILES string of the molecule is CC(=O)Oc1c(-c2ccc(N)cc2)c(-c2ccc(N(C)C)cc2)nn1-c1ccc(C)cc1. The molecule has 32 heavy (non-hydrogen) atoms. The molecular formula is C26H26N4O2. The lowest BCUT2D eigenvalue weighted by Crippen LogP contribution is -2.08. The first-order chi connectivity index (χ1) is 15.3. The van der Waals surface area contributed by atoms with Gasteiger partial charge in [-0.1, -0.05) is 42.0 Å². The normalized spacial score (nSPS) is 10.8. The van der Waals surface area contributed by atoms with Crippen LogP contribution in [0.2, 0.25) is 0 Å². The van der Waals surface area contributed by atoms with Gasteiger partial charge in [0.15, 0.2) is 0 Å². The summed E-state index contributed by atoms with van der Waals surface area (Å²) in [5.74, 6) is -0.0396. The number of nitrogens with zero attached hydrogens (tertiary/aromatic N) is 3. The van der Waals surface area contributed by atoms with Crippen molar-refractivity contribution in [3.63, 3.8) is 0 Å². The van der Waals surface area contributed by atoms with Gasteiger partial charge in [0.25, 0.3) is 0 Å². The van der Waals surface area contributed by atoms with E-state index in [1.807, 2.05) is 98.7 Å². The maximum absolute atomic E-state index is 12.1. The molecule has 3 aromatic carbocycles. The highest BCUT2D eigenvalue weighted by molar-refractivity contribution is 5.87. The zero-order valence-corrected chi connectivity index (χ0v) is 18.7. The van der Waals surface area contributed by atoms with Crippen LogP contribution in [0.15, 0.2) is 72.8 Å². The van der Waals surface area contributed by atoms with E-state index in [1.54, 1.807) is 4.68 Å². The minimum atomic E-state index is -0.413. The minimum absolute atomic E-state index is 0.373. The number of anilines is 2. The molecule has 0 atom stereocenters. The van der Waals surface area contributed by atoms with Gasteiger partial charge in [0.05, 0.1) is 11.3 Å². The summed E-state index contributed by atoms with van der Waals surface area (Å²) in [7, 11) is 4.00. The largest absolute Gasteiger partial charge is 0.407 e. The molecule has 4 aromatic rings. The Labute approximate surface area is 187 Å². The molecule has 162 valence electrons. The van der Waals surface area contributed by atoms with E-state index in [1.165, 1.54) is 6.92 Å². The van der Waals surface area contributed by atoms with Crippen LogP contribution in [0.25, 0.3) is 28.1 Å². The molecule has 4 rings (SSSR count). The molecular weight excluding hydrogens is 400 g/mol. The summed E-state index contributed by atoms with van der Waals surface area (Å²) in [6.45, 7) is 3.42. The monoisotopic (exact) mass is 426 g/mol. The third kappa shape index (κ3) is 4.21. The lowest BCUT2D eigenvalue weighted by molar-refractivity contribution is -0.132. The lowest BCUT2D eigenvalue weighted by Gasteiger charge is -2.12. The number of nitrogens with two attached hydrogens (primary N) is 1. The number of hydrogen-bond acceptors (Lipinski definition) is 5. The lowest BCUT2D eigenvalue weighted by atomic mass is 10.0. The van der Waals surface area contributed by atoms with Crippen molar-refractivity contribution in [3.8, 4) is 34.0 Å². The summed E-state index contributed by atoms with van der Waals surface area (Å²) in [5.41, 5.74) is 12.8. The Kier molecular flexibility index (Phi) is 5.69. The molecule has 0 bridgehead atoms. The molecule has 0 saturated carbocycles. The molecule has 0 saturated heterocycles. The standard InChI is InChI=1S/C26H26N4O2/c1-17-5-13-23(14-6-17)30-26(32-18(2)31)24(19-7-11-21(27)12-8-19)25(28-30)20-9-15-22(16-10-20)29(3)4/h5-16H,27H2,1-4H3. The fourth-order valence-electron chi connectivity index (χ4n) is 3.52. The topological polar surface area (TPSA) is 73.4 Å². The fourth-order valence-corrected chi connectivity index (χ4v) is 3.52. The van der Waals surface area contributed by atoms with Gasteiger partial charge in [-0.3, -0.25) is 4.79 Å². The Bertz CT molecular complexity index is 1240. The van der Waals surface area contributed by atoms with Crippen LogP contribution in [0, 0.1) is 6.92 Å². The van der Waals surface area contributed by atoms with Crippen molar-refractivity contribution >= 4 is 17.3 Å². The Morgan fingerprint density at radius 3 is 2.06 bits per heavy atom. The number of nitrogen functional groups attached to an aromatic ring is 1. The van der Waals surface area contributed by atoms with Crippen LogP contribution in [-0.4, -0.2) is 29.8 Å². The highest BCUT2D eigenvalue weighted by Crippen LogP contribution is 2.41. The molecule has 2 N–H and O–H groups in total. The van der Waals surface area contributed by atoms with Crippen LogP contribution in [0.1, 0.15) is 12.5 Å². The number of carbonyl (C=O) groups excluding carboxylic acids is 1. The average molecular weight is 427 g/mol. The maximum atomic E-state index is 12.1.